The van der Waals surface area contributed by atoms with Crippen molar-refractivity contribution in [3.8, 4) is 5.75 Å². The first kappa shape index (κ1) is 25.7. The van der Waals surface area contributed by atoms with Crippen molar-refractivity contribution >= 4 is 32.7 Å². The first-order valence-corrected chi connectivity index (χ1v) is 13.3. The molecule has 0 spiro atoms. The number of benzene rings is 2. The van der Waals surface area contributed by atoms with E-state index in [2.05, 4.69) is 21.2 Å². The van der Waals surface area contributed by atoms with Crippen LogP contribution in [0.2, 0.25) is 0 Å². The van der Waals surface area contributed by atoms with Gasteiger partial charge in [-0.3, -0.25) is 19.0 Å². The first-order valence-electron chi connectivity index (χ1n) is 11.6. The summed E-state index contributed by atoms with van der Waals surface area (Å²) in [4.78, 5) is 29.8. The van der Waals surface area contributed by atoms with E-state index in [-0.39, 0.29) is 22.3 Å². The van der Waals surface area contributed by atoms with Gasteiger partial charge >= 0.3 is 0 Å². The topological polar surface area (TPSA) is 129 Å². The Bertz CT molecular complexity index is 1400. The summed E-state index contributed by atoms with van der Waals surface area (Å²) in [6, 6.07) is 13.6. The van der Waals surface area contributed by atoms with Gasteiger partial charge in [-0.05, 0) is 37.2 Å². The Balaban J connectivity index is 1.31. The first-order chi connectivity index (χ1) is 17.2. The number of fused-ring (bicyclic) bond motifs is 1. The van der Waals surface area contributed by atoms with E-state index in [1.807, 2.05) is 18.2 Å². The van der Waals surface area contributed by atoms with Gasteiger partial charge in [-0.2, -0.15) is 8.42 Å². The molecule has 1 aliphatic rings. The van der Waals surface area contributed by atoms with Gasteiger partial charge < -0.3 is 19.4 Å². The zero-order valence-electron chi connectivity index (χ0n) is 20.0. The summed E-state index contributed by atoms with van der Waals surface area (Å²) in [6.07, 6.45) is 0.739. The van der Waals surface area contributed by atoms with Crippen molar-refractivity contribution in [3.05, 3.63) is 70.1 Å². The average Bonchev–Trinajstić information content (AvgIpc) is 2.85. The number of piperazine rings is 1. The summed E-state index contributed by atoms with van der Waals surface area (Å²) >= 11 is 0. The largest absolute Gasteiger partial charge is 0.495 e. The van der Waals surface area contributed by atoms with E-state index >= 15 is 0 Å². The number of nitrogens with zero attached hydrogens (tertiary/aromatic N) is 2. The number of hydrogen-bond donors (Lipinski definition) is 2. The molecule has 10 nitrogen and oxygen atoms in total. The second kappa shape index (κ2) is 11.1. The van der Waals surface area contributed by atoms with E-state index in [1.165, 1.54) is 12.1 Å². The van der Waals surface area contributed by atoms with Crippen LogP contribution in [0.1, 0.15) is 22.5 Å². The second-order valence-corrected chi connectivity index (χ2v) is 10.0. The Kier molecular flexibility index (Phi) is 7.92. The maximum absolute atomic E-state index is 12.8. The van der Waals surface area contributed by atoms with Gasteiger partial charge in [0.05, 0.1) is 23.7 Å². The number of carbonyl (C=O) groups excluding carboxylic acids is 1. The molecule has 2 aromatic carbocycles. The highest BCUT2D eigenvalue weighted by Gasteiger charge is 2.20. The number of amides is 1. The molecule has 11 heteroatoms. The molecule has 0 bridgehead atoms. The third-order valence-electron chi connectivity index (χ3n) is 6.11. The number of hydrogen-bond acceptors (Lipinski definition) is 8. The lowest BCUT2D eigenvalue weighted by Crippen LogP contribution is -2.47. The number of anilines is 1. The van der Waals surface area contributed by atoms with Crippen LogP contribution in [0.5, 0.6) is 5.75 Å². The van der Waals surface area contributed by atoms with Crippen LogP contribution in [-0.4, -0.2) is 70.2 Å². The summed E-state index contributed by atoms with van der Waals surface area (Å²) in [5.41, 5.74) is 0.728. The maximum Gasteiger partial charge on any atom is 0.272 e. The molecule has 36 heavy (non-hydrogen) atoms. The van der Waals surface area contributed by atoms with Crippen molar-refractivity contribution in [1.82, 2.24) is 10.2 Å². The zero-order valence-corrected chi connectivity index (χ0v) is 20.8. The standard InChI is InChI=1S/C25H29N3O7S/c1-34-23-9-3-2-8-21(23)28-14-12-27(13-15-28)11-5-10-26-25(30)20-7-4-6-19-22(29)16-18(35-24(19)20)17-36(31,32)33/h2-4,6-9,16H,5,10-15,17H2,1H3,(H,26,30)(H,31,32,33). The number of rotatable bonds is 9. The minimum Gasteiger partial charge on any atom is -0.495 e. The molecule has 192 valence electrons. The Hall–Kier alpha value is -3.41. The quantitative estimate of drug-likeness (QED) is 0.325. The molecule has 0 atom stereocenters. The maximum atomic E-state index is 12.8. The molecule has 4 rings (SSSR count). The van der Waals surface area contributed by atoms with Gasteiger partial charge in [0.25, 0.3) is 16.0 Å². The van der Waals surface area contributed by atoms with Crippen LogP contribution in [-0.2, 0) is 15.9 Å². The van der Waals surface area contributed by atoms with Crippen LogP contribution >= 0.6 is 0 Å². The monoisotopic (exact) mass is 515 g/mol. The fraction of sp³-hybridized carbons (Fsp3) is 0.360. The SMILES string of the molecule is COc1ccccc1N1CCN(CCCNC(=O)c2cccc3c(=O)cc(CS(=O)(=O)O)oc23)CC1. The van der Waals surface area contributed by atoms with E-state index < -0.39 is 27.2 Å². The molecular weight excluding hydrogens is 486 g/mol. The van der Waals surface area contributed by atoms with Gasteiger partial charge in [0.1, 0.15) is 17.3 Å². The molecule has 2 N–H and O–H groups in total. The highest BCUT2D eigenvalue weighted by atomic mass is 32.2. The molecule has 0 unspecified atom stereocenters. The van der Waals surface area contributed by atoms with Gasteiger partial charge in [-0.15, -0.1) is 0 Å². The lowest BCUT2D eigenvalue weighted by molar-refractivity contribution is 0.0952. The summed E-state index contributed by atoms with van der Waals surface area (Å²) in [7, 11) is -2.72. The predicted octanol–water partition coefficient (Wildman–Crippen LogP) is 2.13. The van der Waals surface area contributed by atoms with Gasteiger partial charge in [0.15, 0.2) is 11.0 Å². The van der Waals surface area contributed by atoms with Gasteiger partial charge in [0, 0.05) is 38.8 Å². The van der Waals surface area contributed by atoms with Gasteiger partial charge in [-0.1, -0.05) is 18.2 Å². The van der Waals surface area contributed by atoms with Crippen LogP contribution < -0.4 is 20.4 Å². The molecule has 0 saturated carbocycles. The van der Waals surface area contributed by atoms with Crippen molar-refractivity contribution in [2.75, 3.05) is 51.3 Å². The minimum atomic E-state index is -4.39. The number of carbonyl (C=O) groups is 1. The van der Waals surface area contributed by atoms with Gasteiger partial charge in [-0.25, -0.2) is 0 Å². The third-order valence-corrected chi connectivity index (χ3v) is 6.76. The van der Waals surface area contributed by atoms with Crippen molar-refractivity contribution < 1.29 is 26.9 Å². The Morgan fingerprint density at radius 3 is 2.58 bits per heavy atom. The molecule has 1 fully saturated rings. The van der Waals surface area contributed by atoms with E-state index in [9.17, 15) is 18.0 Å². The summed E-state index contributed by atoms with van der Waals surface area (Å²) < 4.78 is 42.4. The number of para-hydroxylation sites is 3. The normalized spacial score (nSPS) is 14.7. The van der Waals surface area contributed by atoms with Crippen LogP contribution in [0.4, 0.5) is 5.69 Å². The van der Waals surface area contributed by atoms with Gasteiger partial charge in [0.2, 0.25) is 0 Å². The molecule has 1 saturated heterocycles. The van der Waals surface area contributed by atoms with Crippen LogP contribution in [0.15, 0.2) is 57.7 Å². The van der Waals surface area contributed by atoms with E-state index in [0.717, 1.165) is 56.6 Å². The fourth-order valence-corrected chi connectivity index (χ4v) is 4.86. The number of nitrogens with one attached hydrogen (secondary N) is 1. The van der Waals surface area contributed by atoms with Crippen LogP contribution in [0.25, 0.3) is 11.0 Å². The molecule has 3 aromatic rings. The lowest BCUT2D eigenvalue weighted by atomic mass is 10.1. The molecule has 1 aromatic heterocycles. The lowest BCUT2D eigenvalue weighted by Gasteiger charge is -2.36. The average molecular weight is 516 g/mol. The Labute approximate surface area is 209 Å². The molecule has 2 heterocycles. The predicted molar refractivity (Wildman–Crippen MR) is 136 cm³/mol. The highest BCUT2D eigenvalue weighted by Crippen LogP contribution is 2.28. The van der Waals surface area contributed by atoms with E-state index in [4.69, 9.17) is 13.7 Å². The van der Waals surface area contributed by atoms with Crippen molar-refractivity contribution in [1.29, 1.82) is 0 Å². The molecule has 1 aliphatic heterocycles. The van der Waals surface area contributed by atoms with Crippen molar-refractivity contribution in [3.63, 3.8) is 0 Å². The summed E-state index contributed by atoms with van der Waals surface area (Å²) in [6.45, 7) is 4.81. The number of methoxy groups -OCH3 is 1. The zero-order chi connectivity index (χ0) is 25.7. The summed E-state index contributed by atoms with van der Waals surface area (Å²) in [5, 5.41) is 3.01. The fourth-order valence-electron chi connectivity index (χ4n) is 4.36. The van der Waals surface area contributed by atoms with Crippen molar-refractivity contribution in [2.45, 2.75) is 12.2 Å². The molecular formula is C25H29N3O7S. The van der Waals surface area contributed by atoms with Crippen molar-refractivity contribution in [2.24, 2.45) is 0 Å². The van der Waals surface area contributed by atoms with E-state index in [1.54, 1.807) is 13.2 Å². The third kappa shape index (κ3) is 6.23. The molecule has 0 aliphatic carbocycles. The molecule has 0 radical (unpaired) electrons. The Morgan fingerprint density at radius 2 is 1.86 bits per heavy atom. The Morgan fingerprint density at radius 1 is 1.11 bits per heavy atom. The minimum absolute atomic E-state index is 0.00591. The summed E-state index contributed by atoms with van der Waals surface area (Å²) in [5.74, 6) is -0.641. The molecule has 1 amide bonds. The highest BCUT2D eigenvalue weighted by molar-refractivity contribution is 7.84. The van der Waals surface area contributed by atoms with Crippen LogP contribution in [0.3, 0.4) is 0 Å². The van der Waals surface area contributed by atoms with Crippen LogP contribution in [0, 0.1) is 0 Å². The second-order valence-electron chi connectivity index (χ2n) is 8.60. The number of ether oxygens (including phenoxy) is 1. The van der Waals surface area contributed by atoms with E-state index in [0.29, 0.717) is 6.54 Å². The smallest absolute Gasteiger partial charge is 0.272 e.